The Kier molecular flexibility index (Phi) is 10.6. The van der Waals surface area contributed by atoms with Gasteiger partial charge in [0.15, 0.2) is 0 Å². The summed E-state index contributed by atoms with van der Waals surface area (Å²) in [5.41, 5.74) is 2.20. The molecule has 3 amide bonds. The maximum absolute atomic E-state index is 14.0. The van der Waals surface area contributed by atoms with Gasteiger partial charge in [-0.3, -0.25) is 9.59 Å². The number of alkyl carbamates (subject to hydrolysis) is 1. The molecule has 3 unspecified atom stereocenters. The molecule has 0 radical (unpaired) electrons. The Labute approximate surface area is 206 Å². The second-order valence-electron chi connectivity index (χ2n) is 10.8. The normalized spacial score (nSPS) is 14.4. The van der Waals surface area contributed by atoms with Crippen LogP contribution in [0.3, 0.4) is 0 Å². The Balaban J connectivity index is 3.53. The smallest absolute Gasteiger partial charge is 0.408 e. The molecule has 0 aliphatic heterocycles. The van der Waals surface area contributed by atoms with Crippen LogP contribution in [-0.2, 0) is 14.3 Å². The first-order valence-electron chi connectivity index (χ1n) is 12.3. The molecule has 1 rings (SSSR count). The van der Waals surface area contributed by atoms with E-state index in [1.54, 1.807) is 25.7 Å². The van der Waals surface area contributed by atoms with Crippen LogP contribution in [0.4, 0.5) is 4.79 Å². The van der Waals surface area contributed by atoms with E-state index in [9.17, 15) is 14.4 Å². The predicted octanol–water partition coefficient (Wildman–Crippen LogP) is 5.05. The van der Waals surface area contributed by atoms with Gasteiger partial charge in [-0.05, 0) is 84.9 Å². The molecule has 1 aromatic rings. The van der Waals surface area contributed by atoms with E-state index in [2.05, 4.69) is 10.6 Å². The van der Waals surface area contributed by atoms with Crippen molar-refractivity contribution in [3.05, 3.63) is 34.9 Å². The van der Waals surface area contributed by atoms with Gasteiger partial charge >= 0.3 is 6.09 Å². The van der Waals surface area contributed by atoms with Gasteiger partial charge in [0.1, 0.15) is 17.7 Å². The largest absolute Gasteiger partial charge is 0.444 e. The summed E-state index contributed by atoms with van der Waals surface area (Å²) in [5, 5.41) is 5.76. The van der Waals surface area contributed by atoms with Crippen molar-refractivity contribution in [2.75, 3.05) is 0 Å². The fraction of sp³-hybridized carbons (Fsp3) is 0.667. The zero-order valence-corrected chi connectivity index (χ0v) is 22.9. The van der Waals surface area contributed by atoms with E-state index in [1.807, 2.05) is 73.6 Å². The molecule has 0 aromatic heterocycles. The molecule has 0 spiro atoms. The van der Waals surface area contributed by atoms with Crippen molar-refractivity contribution in [3.8, 4) is 0 Å². The van der Waals surface area contributed by atoms with Gasteiger partial charge in [0.2, 0.25) is 11.8 Å². The van der Waals surface area contributed by atoms with Crippen LogP contribution in [-0.4, -0.2) is 46.5 Å². The van der Waals surface area contributed by atoms with E-state index >= 15 is 0 Å². The molecule has 2 N–H and O–H groups in total. The predicted molar refractivity (Wildman–Crippen MR) is 137 cm³/mol. The van der Waals surface area contributed by atoms with Gasteiger partial charge in [-0.1, -0.05) is 38.5 Å². The van der Waals surface area contributed by atoms with Crippen LogP contribution >= 0.6 is 0 Å². The second kappa shape index (κ2) is 12.2. The molecule has 0 saturated heterocycles. The monoisotopic (exact) mass is 475 g/mol. The Morgan fingerprint density at radius 3 is 2.00 bits per heavy atom. The van der Waals surface area contributed by atoms with Crippen molar-refractivity contribution in [1.82, 2.24) is 15.5 Å². The third-order valence-electron chi connectivity index (χ3n) is 5.77. The standard InChI is InChI=1S/C27H45N3O4/c1-12-18(6)22(29-26(33)34-27(9,10)11)25(32)30(17(4)5)23(24(31)28-16(2)3)21-14-13-19(7)20(8)15-21/h13-18,22-23H,12H2,1-11H3,(H,28,31)(H,29,33). The van der Waals surface area contributed by atoms with Crippen molar-refractivity contribution in [2.45, 2.75) is 112 Å². The number of aryl methyl sites for hydroxylation is 2. The molecule has 3 atom stereocenters. The minimum absolute atomic E-state index is 0.0871. The number of carbonyl (C=O) groups is 3. The van der Waals surface area contributed by atoms with Crippen LogP contribution in [0.2, 0.25) is 0 Å². The van der Waals surface area contributed by atoms with Crippen LogP contribution in [0, 0.1) is 19.8 Å². The van der Waals surface area contributed by atoms with Crippen molar-refractivity contribution in [2.24, 2.45) is 5.92 Å². The summed E-state index contributed by atoms with van der Waals surface area (Å²) in [6.45, 7) is 20.8. The first-order chi connectivity index (χ1) is 15.6. The average Bonchev–Trinajstić information content (AvgIpc) is 2.69. The quantitative estimate of drug-likeness (QED) is 0.523. The molecule has 7 nitrogen and oxygen atoms in total. The van der Waals surface area contributed by atoms with E-state index in [4.69, 9.17) is 4.74 Å². The fourth-order valence-electron chi connectivity index (χ4n) is 3.69. The number of benzene rings is 1. The number of amides is 3. The highest BCUT2D eigenvalue weighted by molar-refractivity contribution is 5.92. The Bertz CT molecular complexity index is 858. The van der Waals surface area contributed by atoms with E-state index < -0.39 is 23.8 Å². The maximum atomic E-state index is 14.0. The third-order valence-corrected chi connectivity index (χ3v) is 5.77. The lowest BCUT2D eigenvalue weighted by Gasteiger charge is -2.38. The average molecular weight is 476 g/mol. The molecule has 7 heteroatoms. The molecule has 0 aliphatic carbocycles. The van der Waals surface area contributed by atoms with E-state index in [0.717, 1.165) is 16.7 Å². The molecule has 0 saturated carbocycles. The molecule has 0 heterocycles. The summed E-state index contributed by atoms with van der Waals surface area (Å²) in [7, 11) is 0. The van der Waals surface area contributed by atoms with Crippen molar-refractivity contribution in [1.29, 1.82) is 0 Å². The van der Waals surface area contributed by atoms with Crippen LogP contribution in [0.5, 0.6) is 0 Å². The van der Waals surface area contributed by atoms with E-state index in [-0.39, 0.29) is 29.8 Å². The van der Waals surface area contributed by atoms with Gasteiger partial charge in [-0.15, -0.1) is 0 Å². The zero-order chi connectivity index (χ0) is 26.4. The summed E-state index contributed by atoms with van der Waals surface area (Å²) in [6, 6.07) is 3.79. The minimum atomic E-state index is -0.832. The fourth-order valence-corrected chi connectivity index (χ4v) is 3.69. The molecule has 0 bridgehead atoms. The number of carbonyl (C=O) groups excluding carboxylic acids is 3. The van der Waals surface area contributed by atoms with Crippen molar-refractivity contribution < 1.29 is 19.1 Å². The number of ether oxygens (including phenoxy) is 1. The lowest BCUT2D eigenvalue weighted by atomic mass is 9.93. The summed E-state index contributed by atoms with van der Waals surface area (Å²) in [4.78, 5) is 41.7. The van der Waals surface area contributed by atoms with Crippen LogP contribution in [0.1, 0.15) is 91.5 Å². The van der Waals surface area contributed by atoms with Gasteiger partial charge in [-0.2, -0.15) is 0 Å². The third kappa shape index (κ3) is 8.33. The highest BCUT2D eigenvalue weighted by atomic mass is 16.6. The van der Waals surface area contributed by atoms with Crippen molar-refractivity contribution in [3.63, 3.8) is 0 Å². The summed E-state index contributed by atoms with van der Waals surface area (Å²) in [5.74, 6) is -0.715. The minimum Gasteiger partial charge on any atom is -0.444 e. The van der Waals surface area contributed by atoms with Crippen molar-refractivity contribution >= 4 is 17.9 Å². The topological polar surface area (TPSA) is 87.7 Å². The lowest BCUT2D eigenvalue weighted by Crippen LogP contribution is -2.57. The lowest BCUT2D eigenvalue weighted by molar-refractivity contribution is -0.145. The Morgan fingerprint density at radius 2 is 1.56 bits per heavy atom. The van der Waals surface area contributed by atoms with E-state index in [0.29, 0.717) is 6.42 Å². The first kappa shape index (κ1) is 29.5. The number of rotatable bonds is 9. The highest BCUT2D eigenvalue weighted by Crippen LogP contribution is 2.28. The van der Waals surface area contributed by atoms with Gasteiger partial charge < -0.3 is 20.3 Å². The summed E-state index contributed by atoms with van der Waals surface area (Å²) < 4.78 is 5.43. The van der Waals surface area contributed by atoms with Crippen LogP contribution < -0.4 is 10.6 Å². The Morgan fingerprint density at radius 1 is 0.971 bits per heavy atom. The number of nitrogens with zero attached hydrogens (tertiary/aromatic N) is 1. The molecule has 0 fully saturated rings. The van der Waals surface area contributed by atoms with Crippen LogP contribution in [0.25, 0.3) is 0 Å². The summed E-state index contributed by atoms with van der Waals surface area (Å²) in [6.07, 6.45) is 0.0224. The molecule has 192 valence electrons. The SMILES string of the molecule is CCC(C)C(NC(=O)OC(C)(C)C)C(=O)N(C(C)C)C(C(=O)NC(C)C)c1ccc(C)c(C)c1. The first-order valence-corrected chi connectivity index (χ1v) is 12.3. The highest BCUT2D eigenvalue weighted by Gasteiger charge is 2.39. The van der Waals surface area contributed by atoms with Gasteiger partial charge in [0, 0.05) is 12.1 Å². The molecular formula is C27H45N3O4. The zero-order valence-electron chi connectivity index (χ0n) is 22.9. The molecular weight excluding hydrogens is 430 g/mol. The van der Waals surface area contributed by atoms with Gasteiger partial charge in [0.25, 0.3) is 0 Å². The van der Waals surface area contributed by atoms with E-state index in [1.165, 1.54) is 0 Å². The maximum Gasteiger partial charge on any atom is 0.408 e. The molecule has 0 aliphatic rings. The van der Waals surface area contributed by atoms with Gasteiger partial charge in [0.05, 0.1) is 0 Å². The second-order valence-corrected chi connectivity index (χ2v) is 10.8. The molecule has 1 aromatic carbocycles. The van der Waals surface area contributed by atoms with Crippen LogP contribution in [0.15, 0.2) is 18.2 Å². The molecule has 34 heavy (non-hydrogen) atoms. The number of hydrogen-bond donors (Lipinski definition) is 2. The number of hydrogen-bond acceptors (Lipinski definition) is 4. The number of nitrogens with one attached hydrogen (secondary N) is 2. The summed E-state index contributed by atoms with van der Waals surface area (Å²) >= 11 is 0. The Hall–Kier alpha value is -2.57. The van der Waals surface area contributed by atoms with Gasteiger partial charge in [-0.25, -0.2) is 4.79 Å².